The van der Waals surface area contributed by atoms with Gasteiger partial charge in [-0.1, -0.05) is 30.0 Å². The van der Waals surface area contributed by atoms with Gasteiger partial charge in [-0.2, -0.15) is 0 Å². The van der Waals surface area contributed by atoms with Gasteiger partial charge in [0.2, 0.25) is 0 Å². The molecule has 0 N–H and O–H groups in total. The SMILES string of the molecule is S=C([S-])N(C1CCCC1)C1CCCC1.[Cs+]. The smallest absolute Gasteiger partial charge is 0.411 e. The first kappa shape index (κ1) is 15.2. The number of hydrogen-bond acceptors (Lipinski definition) is 2. The number of nitrogens with zero attached hydrogens (tertiary/aromatic N) is 1. The zero-order chi connectivity index (χ0) is 9.97. The molecule has 0 aromatic carbocycles. The summed E-state index contributed by atoms with van der Waals surface area (Å²) in [6.45, 7) is 0. The van der Waals surface area contributed by atoms with Crippen LogP contribution in [0.2, 0.25) is 0 Å². The molecule has 2 saturated carbocycles. The summed E-state index contributed by atoms with van der Waals surface area (Å²) in [7, 11) is 0. The molecule has 0 aromatic heterocycles. The minimum atomic E-state index is 0. The van der Waals surface area contributed by atoms with Gasteiger partial charge < -0.3 is 29.7 Å². The van der Waals surface area contributed by atoms with E-state index in [1.54, 1.807) is 0 Å². The van der Waals surface area contributed by atoms with E-state index in [1.165, 1.54) is 51.4 Å². The summed E-state index contributed by atoms with van der Waals surface area (Å²) < 4.78 is 0.726. The second-order valence-corrected chi connectivity index (χ2v) is 5.58. The third-order valence-corrected chi connectivity index (χ3v) is 4.07. The molecule has 0 bridgehead atoms. The predicted octanol–water partition coefficient (Wildman–Crippen LogP) is 0.00940. The Bertz CT molecular complexity index is 195. The normalized spacial score (nSPS) is 22.7. The van der Waals surface area contributed by atoms with Crippen LogP contribution >= 0.6 is 12.2 Å². The van der Waals surface area contributed by atoms with Crippen molar-refractivity contribution in [1.29, 1.82) is 0 Å². The van der Waals surface area contributed by atoms with E-state index in [9.17, 15) is 0 Å². The first-order chi connectivity index (χ1) is 6.79. The van der Waals surface area contributed by atoms with Gasteiger partial charge in [-0.3, -0.25) is 0 Å². The molecule has 2 aliphatic carbocycles. The summed E-state index contributed by atoms with van der Waals surface area (Å²) in [5, 5.41) is 0. The Kier molecular flexibility index (Phi) is 7.68. The van der Waals surface area contributed by atoms with Crippen molar-refractivity contribution < 1.29 is 68.9 Å². The van der Waals surface area contributed by atoms with Gasteiger partial charge in [0.15, 0.2) is 0 Å². The molecule has 0 aliphatic heterocycles. The average Bonchev–Trinajstić information content (AvgIpc) is 2.75. The third kappa shape index (κ3) is 4.09. The molecule has 0 heterocycles. The summed E-state index contributed by atoms with van der Waals surface area (Å²) in [5.41, 5.74) is 0. The van der Waals surface area contributed by atoms with Gasteiger partial charge in [0.05, 0.1) is 0 Å². The molecule has 0 saturated heterocycles. The van der Waals surface area contributed by atoms with Crippen LogP contribution in [0.3, 0.4) is 0 Å². The standard InChI is InChI=1S/C11H19NS2.Cs/c13-11(14)12(9-5-1-2-6-9)10-7-3-4-8-10;/h9-10H,1-8H2,(H,13,14);/q;+1/p-1. The summed E-state index contributed by atoms with van der Waals surface area (Å²) >= 11 is 10.5. The van der Waals surface area contributed by atoms with E-state index in [0.717, 1.165) is 4.32 Å². The molecule has 0 unspecified atom stereocenters. The topological polar surface area (TPSA) is 3.24 Å². The Balaban J connectivity index is 0.00000112. The van der Waals surface area contributed by atoms with Gasteiger partial charge in [-0.15, -0.1) is 0 Å². The number of hydrogen-bond donors (Lipinski definition) is 0. The van der Waals surface area contributed by atoms with Gasteiger partial charge in [0.1, 0.15) is 0 Å². The molecule has 0 radical (unpaired) electrons. The van der Waals surface area contributed by atoms with Crippen LogP contribution < -0.4 is 68.9 Å². The van der Waals surface area contributed by atoms with Crippen LogP contribution in [0, 0.1) is 0 Å². The van der Waals surface area contributed by atoms with Crippen molar-refractivity contribution in [2.45, 2.75) is 63.5 Å². The average molecular weight is 361 g/mol. The Morgan fingerprint density at radius 3 is 1.53 bits per heavy atom. The molecule has 2 rings (SSSR count). The van der Waals surface area contributed by atoms with Crippen LogP contribution in [0.5, 0.6) is 0 Å². The van der Waals surface area contributed by atoms with Gasteiger partial charge in [-0.25, -0.2) is 0 Å². The Hall–Kier alpha value is 2.16. The molecule has 2 aliphatic rings. The molecule has 0 atom stereocenters. The van der Waals surface area contributed by atoms with Crippen molar-refractivity contribution in [3.8, 4) is 0 Å². The second kappa shape index (κ2) is 7.56. The summed E-state index contributed by atoms with van der Waals surface area (Å²) in [6, 6.07) is 1.37. The van der Waals surface area contributed by atoms with Crippen molar-refractivity contribution in [1.82, 2.24) is 4.90 Å². The Morgan fingerprint density at radius 1 is 0.933 bits per heavy atom. The molecule has 2 fully saturated rings. The summed E-state index contributed by atoms with van der Waals surface area (Å²) in [5.74, 6) is 0. The quantitative estimate of drug-likeness (QED) is 0.504. The zero-order valence-corrected chi connectivity index (χ0v) is 17.5. The Labute approximate surface area is 163 Å². The molecular formula is C11H18CsNS2. The van der Waals surface area contributed by atoms with E-state index in [1.807, 2.05) is 0 Å². The van der Waals surface area contributed by atoms with Gasteiger partial charge in [-0.05, 0) is 25.7 Å². The first-order valence-corrected chi connectivity index (χ1v) is 6.60. The molecule has 0 amide bonds. The van der Waals surface area contributed by atoms with Gasteiger partial charge >= 0.3 is 68.9 Å². The maximum atomic E-state index is 5.23. The van der Waals surface area contributed by atoms with Crippen LogP contribution in [0.15, 0.2) is 0 Å². The van der Waals surface area contributed by atoms with E-state index in [-0.39, 0.29) is 68.9 Å². The van der Waals surface area contributed by atoms with Crippen LogP contribution in [0.25, 0.3) is 0 Å². The van der Waals surface area contributed by atoms with Crippen molar-refractivity contribution in [3.63, 3.8) is 0 Å². The van der Waals surface area contributed by atoms with Crippen LogP contribution in [0.1, 0.15) is 51.4 Å². The molecule has 80 valence electrons. The zero-order valence-electron chi connectivity index (χ0n) is 9.58. The molecule has 0 spiro atoms. The van der Waals surface area contributed by atoms with E-state index < -0.39 is 0 Å². The van der Waals surface area contributed by atoms with E-state index in [0.29, 0.717) is 12.1 Å². The maximum absolute atomic E-state index is 5.23. The van der Waals surface area contributed by atoms with Crippen LogP contribution in [-0.2, 0) is 12.6 Å². The van der Waals surface area contributed by atoms with Crippen molar-refractivity contribution in [2.24, 2.45) is 0 Å². The fraction of sp³-hybridized carbons (Fsp3) is 0.909. The number of rotatable bonds is 2. The minimum absolute atomic E-state index is 0. The maximum Gasteiger partial charge on any atom is 1.00 e. The fourth-order valence-corrected chi connectivity index (χ4v) is 3.56. The van der Waals surface area contributed by atoms with Gasteiger partial charge in [0, 0.05) is 12.1 Å². The first-order valence-electron chi connectivity index (χ1n) is 5.78. The predicted molar refractivity (Wildman–Crippen MR) is 66.3 cm³/mol. The van der Waals surface area contributed by atoms with E-state index in [2.05, 4.69) is 4.90 Å². The molecule has 1 nitrogen and oxygen atoms in total. The number of thiocarbonyl (C=S) groups is 1. The second-order valence-electron chi connectivity index (χ2n) is 4.55. The molecule has 4 heteroatoms. The fourth-order valence-electron chi connectivity index (χ4n) is 2.96. The largest absolute Gasteiger partial charge is 1.00 e. The van der Waals surface area contributed by atoms with Crippen LogP contribution in [0.4, 0.5) is 0 Å². The van der Waals surface area contributed by atoms with Crippen molar-refractivity contribution in [3.05, 3.63) is 0 Å². The van der Waals surface area contributed by atoms with Crippen LogP contribution in [-0.4, -0.2) is 21.3 Å². The van der Waals surface area contributed by atoms with Crippen molar-refractivity contribution in [2.75, 3.05) is 0 Å². The molecule has 15 heavy (non-hydrogen) atoms. The molecular weight excluding hydrogens is 343 g/mol. The van der Waals surface area contributed by atoms with Gasteiger partial charge in [0.25, 0.3) is 0 Å². The monoisotopic (exact) mass is 361 g/mol. The third-order valence-electron chi connectivity index (χ3n) is 3.65. The minimum Gasteiger partial charge on any atom is -0.411 e. The van der Waals surface area contributed by atoms with E-state index in [4.69, 9.17) is 24.8 Å². The molecule has 0 aromatic rings. The summed E-state index contributed by atoms with van der Waals surface area (Å²) in [4.78, 5) is 2.39. The summed E-state index contributed by atoms with van der Waals surface area (Å²) in [6.07, 6.45) is 10.7. The Morgan fingerprint density at radius 2 is 1.27 bits per heavy atom. The van der Waals surface area contributed by atoms with E-state index >= 15 is 0 Å². The van der Waals surface area contributed by atoms with Crippen molar-refractivity contribution >= 4 is 29.2 Å².